The summed E-state index contributed by atoms with van der Waals surface area (Å²) in [5.41, 5.74) is 0. The van der Waals surface area contributed by atoms with E-state index >= 15 is 0 Å². The average molecular weight is 166 g/mol. The van der Waals surface area contributed by atoms with Gasteiger partial charge in [0.2, 0.25) is 6.08 Å². The molecular weight excluding hydrogens is 156 g/mol. The number of carbonyl (C=O) groups excluding carboxylic acids is 1. The fraction of sp³-hybridized carbons (Fsp3) is 0.750. The Kier molecular flexibility index (Phi) is 3.31. The van der Waals surface area contributed by atoms with Crippen molar-refractivity contribution >= 4 is 6.08 Å². The van der Waals surface area contributed by atoms with Crippen LogP contribution in [0.4, 0.5) is 0 Å². The second kappa shape index (κ2) is 4.53. The van der Waals surface area contributed by atoms with Crippen molar-refractivity contribution in [2.75, 3.05) is 0 Å². The van der Waals surface area contributed by atoms with E-state index in [4.69, 9.17) is 10.00 Å². The Morgan fingerprint density at radius 1 is 1.50 bits per heavy atom. The molecule has 1 aliphatic rings. The molecule has 1 fully saturated rings. The lowest BCUT2D eigenvalue weighted by Crippen LogP contribution is -2.23. The molecule has 0 N–H and O–H groups in total. The zero-order valence-electron chi connectivity index (χ0n) is 6.69. The van der Waals surface area contributed by atoms with E-state index in [1.165, 1.54) is 6.08 Å². The number of rotatable bonds is 2. The monoisotopic (exact) mass is 166 g/mol. The molecule has 0 aromatic rings. The summed E-state index contributed by atoms with van der Waals surface area (Å²) < 4.78 is 4.78. The molecule has 0 saturated heterocycles. The lowest BCUT2D eigenvalue weighted by Gasteiger charge is -2.22. The van der Waals surface area contributed by atoms with Crippen molar-refractivity contribution in [3.8, 4) is 6.26 Å². The van der Waals surface area contributed by atoms with Crippen LogP contribution in [0.15, 0.2) is 4.99 Å². The van der Waals surface area contributed by atoms with Gasteiger partial charge in [0.15, 0.2) is 0 Å². The van der Waals surface area contributed by atoms with Crippen LogP contribution in [0, 0.1) is 11.5 Å². The molecule has 2 atom stereocenters. The lowest BCUT2D eigenvalue weighted by atomic mass is 9.93. The van der Waals surface area contributed by atoms with E-state index in [0.717, 1.165) is 19.3 Å². The lowest BCUT2D eigenvalue weighted by molar-refractivity contribution is 0.112. The van der Waals surface area contributed by atoms with Gasteiger partial charge in [-0.2, -0.15) is 5.26 Å². The summed E-state index contributed by atoms with van der Waals surface area (Å²) in [6, 6.07) is 0.00889. The van der Waals surface area contributed by atoms with Gasteiger partial charge in [-0.3, -0.25) is 0 Å². The Bertz CT molecular complexity index is 228. The van der Waals surface area contributed by atoms with E-state index in [1.54, 1.807) is 6.26 Å². The van der Waals surface area contributed by atoms with Crippen LogP contribution in [-0.4, -0.2) is 18.2 Å². The highest BCUT2D eigenvalue weighted by molar-refractivity contribution is 5.33. The van der Waals surface area contributed by atoms with Gasteiger partial charge in [-0.05, 0) is 19.3 Å². The topological polar surface area (TPSA) is 62.4 Å². The maximum atomic E-state index is 9.94. The zero-order chi connectivity index (χ0) is 8.81. The first-order valence-electron chi connectivity index (χ1n) is 3.98. The van der Waals surface area contributed by atoms with Crippen LogP contribution >= 0.6 is 0 Å². The third-order valence-electron chi connectivity index (χ3n) is 2.05. The summed E-state index contributed by atoms with van der Waals surface area (Å²) in [4.78, 5) is 13.6. The molecule has 0 spiro atoms. The number of hydrogen-bond acceptors (Lipinski definition) is 4. The second-order valence-corrected chi connectivity index (χ2v) is 2.87. The molecule has 2 unspecified atom stereocenters. The largest absolute Gasteiger partial charge is 0.424 e. The van der Waals surface area contributed by atoms with E-state index in [-0.39, 0.29) is 12.1 Å². The van der Waals surface area contributed by atoms with E-state index < -0.39 is 0 Å². The molecule has 4 heteroatoms. The molecular formula is C8H10N2O2. The first-order chi connectivity index (χ1) is 5.86. The number of isocyanates is 1. The van der Waals surface area contributed by atoms with Gasteiger partial charge in [0.25, 0.3) is 6.26 Å². The molecule has 0 aromatic carbocycles. The van der Waals surface area contributed by atoms with Crippen molar-refractivity contribution in [2.24, 2.45) is 4.99 Å². The summed E-state index contributed by atoms with van der Waals surface area (Å²) in [6.07, 6.45) is 6.57. The number of nitriles is 1. The minimum atomic E-state index is -0.0501. The van der Waals surface area contributed by atoms with Crippen LogP contribution in [0.1, 0.15) is 25.7 Å². The van der Waals surface area contributed by atoms with Crippen LogP contribution in [0.2, 0.25) is 0 Å². The fourth-order valence-corrected chi connectivity index (χ4v) is 1.49. The minimum Gasteiger partial charge on any atom is -0.424 e. The number of aliphatic imine (C=N–C) groups is 1. The SMILES string of the molecule is N#COC1CCCC(N=C=O)C1. The van der Waals surface area contributed by atoms with Gasteiger partial charge in [0, 0.05) is 6.42 Å². The first-order valence-corrected chi connectivity index (χ1v) is 3.98. The predicted octanol–water partition coefficient (Wildman–Crippen LogP) is 1.13. The van der Waals surface area contributed by atoms with Crippen molar-refractivity contribution in [2.45, 2.75) is 37.8 Å². The summed E-state index contributed by atoms with van der Waals surface area (Å²) in [5, 5.41) is 8.25. The Labute approximate surface area is 70.9 Å². The highest BCUT2D eigenvalue weighted by atomic mass is 16.5. The van der Waals surface area contributed by atoms with E-state index in [9.17, 15) is 4.79 Å². The smallest absolute Gasteiger partial charge is 0.286 e. The van der Waals surface area contributed by atoms with E-state index in [0.29, 0.717) is 6.42 Å². The molecule has 4 nitrogen and oxygen atoms in total. The normalized spacial score (nSPS) is 28.2. The number of ether oxygens (including phenoxy) is 1. The molecule has 64 valence electrons. The highest BCUT2D eigenvalue weighted by Crippen LogP contribution is 2.22. The number of nitrogens with zero attached hydrogens (tertiary/aromatic N) is 2. The maximum absolute atomic E-state index is 9.94. The summed E-state index contributed by atoms with van der Waals surface area (Å²) in [5.74, 6) is 0. The number of hydrogen-bond donors (Lipinski definition) is 0. The predicted molar refractivity (Wildman–Crippen MR) is 40.9 cm³/mol. The van der Waals surface area contributed by atoms with Crippen LogP contribution in [0.5, 0.6) is 0 Å². The summed E-state index contributed by atoms with van der Waals surface area (Å²) in [7, 11) is 0. The fourth-order valence-electron chi connectivity index (χ4n) is 1.49. The second-order valence-electron chi connectivity index (χ2n) is 2.87. The molecule has 1 rings (SSSR count). The zero-order valence-corrected chi connectivity index (χ0v) is 6.69. The van der Waals surface area contributed by atoms with Crippen molar-refractivity contribution in [1.29, 1.82) is 5.26 Å². The van der Waals surface area contributed by atoms with Gasteiger partial charge in [-0.25, -0.2) is 9.79 Å². The van der Waals surface area contributed by atoms with Gasteiger partial charge < -0.3 is 4.74 Å². The van der Waals surface area contributed by atoms with E-state index in [1.807, 2.05) is 0 Å². The summed E-state index contributed by atoms with van der Waals surface area (Å²) in [6.45, 7) is 0. The van der Waals surface area contributed by atoms with Gasteiger partial charge >= 0.3 is 0 Å². The van der Waals surface area contributed by atoms with Gasteiger partial charge in [0.1, 0.15) is 6.10 Å². The molecule has 0 amide bonds. The average Bonchev–Trinajstić information content (AvgIpc) is 2.06. The molecule has 0 aliphatic heterocycles. The quantitative estimate of drug-likeness (QED) is 0.351. The molecule has 1 saturated carbocycles. The van der Waals surface area contributed by atoms with Crippen LogP contribution in [-0.2, 0) is 9.53 Å². The van der Waals surface area contributed by atoms with Crippen LogP contribution in [0.25, 0.3) is 0 Å². The molecule has 0 bridgehead atoms. The Hall–Kier alpha value is -1.33. The van der Waals surface area contributed by atoms with Crippen molar-refractivity contribution in [3.05, 3.63) is 0 Å². The molecule has 0 heterocycles. The van der Waals surface area contributed by atoms with Crippen LogP contribution in [0.3, 0.4) is 0 Å². The van der Waals surface area contributed by atoms with Crippen molar-refractivity contribution in [1.82, 2.24) is 0 Å². The van der Waals surface area contributed by atoms with Crippen LogP contribution < -0.4 is 0 Å². The van der Waals surface area contributed by atoms with Gasteiger partial charge in [-0.15, -0.1) is 0 Å². The third kappa shape index (κ3) is 2.37. The molecule has 0 radical (unpaired) electrons. The Balaban J connectivity index is 2.41. The van der Waals surface area contributed by atoms with E-state index in [2.05, 4.69) is 4.99 Å². The third-order valence-corrected chi connectivity index (χ3v) is 2.05. The van der Waals surface area contributed by atoms with Gasteiger partial charge in [-0.1, -0.05) is 0 Å². The first kappa shape index (κ1) is 8.76. The Morgan fingerprint density at radius 2 is 2.33 bits per heavy atom. The molecule has 0 aromatic heterocycles. The molecule has 1 aliphatic carbocycles. The highest BCUT2D eigenvalue weighted by Gasteiger charge is 2.22. The standard InChI is InChI=1S/C8H10N2O2/c9-5-12-8-3-1-2-7(4-8)10-6-11/h7-8H,1-4H2. The molecule has 12 heavy (non-hydrogen) atoms. The van der Waals surface area contributed by atoms with Crippen molar-refractivity contribution < 1.29 is 9.53 Å². The van der Waals surface area contributed by atoms with Crippen molar-refractivity contribution in [3.63, 3.8) is 0 Å². The Morgan fingerprint density at radius 3 is 3.00 bits per heavy atom. The summed E-state index contributed by atoms with van der Waals surface area (Å²) >= 11 is 0. The maximum Gasteiger partial charge on any atom is 0.286 e. The van der Waals surface area contributed by atoms with Gasteiger partial charge in [0.05, 0.1) is 6.04 Å². The minimum absolute atomic E-state index is 0.00889.